The number of amides is 1. The molecule has 0 saturated heterocycles. The van der Waals surface area contributed by atoms with Gasteiger partial charge in [-0.05, 0) is 53.4 Å². The third-order valence-electron chi connectivity index (χ3n) is 3.40. The summed E-state index contributed by atoms with van der Waals surface area (Å²) in [6.45, 7) is 0. The van der Waals surface area contributed by atoms with E-state index in [1.165, 1.54) is 17.6 Å². The summed E-state index contributed by atoms with van der Waals surface area (Å²) >= 11 is 1.32. The van der Waals surface area contributed by atoms with Gasteiger partial charge in [0.25, 0.3) is 5.91 Å². The zero-order valence-electron chi connectivity index (χ0n) is 13.6. The maximum absolute atomic E-state index is 12.0. The molecule has 3 aromatic rings. The van der Waals surface area contributed by atoms with Crippen molar-refractivity contribution < 1.29 is 14.3 Å². The largest absolute Gasteiger partial charge is 0.422 e. The van der Waals surface area contributed by atoms with Gasteiger partial charge in [-0.1, -0.05) is 18.2 Å². The van der Waals surface area contributed by atoms with Crippen molar-refractivity contribution in [1.29, 1.82) is 0 Å². The Hall–Kier alpha value is -3.45. The average Bonchev–Trinajstić information content (AvgIpc) is 3.18. The van der Waals surface area contributed by atoms with Gasteiger partial charge in [-0.25, -0.2) is 10.2 Å². The number of rotatable bonds is 5. The highest BCUT2D eigenvalue weighted by molar-refractivity contribution is 7.12. The van der Waals surface area contributed by atoms with Gasteiger partial charge in [-0.3, -0.25) is 4.79 Å². The highest BCUT2D eigenvalue weighted by Gasteiger charge is 2.09. The average molecular weight is 365 g/mol. The second-order valence-electron chi connectivity index (χ2n) is 5.22. The molecule has 0 aliphatic heterocycles. The first-order valence-electron chi connectivity index (χ1n) is 7.67. The quantitative estimate of drug-likeness (QED) is 0.238. The van der Waals surface area contributed by atoms with Crippen LogP contribution in [-0.2, 0) is 0 Å². The van der Waals surface area contributed by atoms with Crippen LogP contribution in [0.2, 0.25) is 0 Å². The van der Waals surface area contributed by atoms with E-state index in [0.29, 0.717) is 21.9 Å². The fourth-order valence-corrected chi connectivity index (χ4v) is 2.70. The molecular weight excluding hydrogens is 350 g/mol. The maximum Gasteiger partial charge on any atom is 0.353 e. The number of esters is 1. The first kappa shape index (κ1) is 17.4. The van der Waals surface area contributed by atoms with Gasteiger partial charge in [0.1, 0.15) is 10.6 Å². The van der Waals surface area contributed by atoms with Crippen LogP contribution in [0.4, 0.5) is 5.69 Å². The molecule has 3 rings (SSSR count). The van der Waals surface area contributed by atoms with Crippen molar-refractivity contribution in [1.82, 2.24) is 5.43 Å². The van der Waals surface area contributed by atoms with Crippen molar-refractivity contribution in [2.24, 2.45) is 5.10 Å². The third-order valence-corrected chi connectivity index (χ3v) is 4.25. The van der Waals surface area contributed by atoms with Crippen LogP contribution < -0.4 is 15.9 Å². The summed E-state index contributed by atoms with van der Waals surface area (Å²) in [7, 11) is 0. The standard InChI is InChI=1S/C19H15N3O3S/c20-16-5-2-1-4-15(16)18(23)22-21-12-13-7-9-14(10-8-13)25-19(24)17-6-3-11-26-17/h1-12H,20H2,(H,22,23)/b21-12-. The molecule has 0 spiro atoms. The van der Waals surface area contributed by atoms with Gasteiger partial charge in [0, 0.05) is 5.69 Å². The van der Waals surface area contributed by atoms with Crippen LogP contribution >= 0.6 is 11.3 Å². The van der Waals surface area contributed by atoms with Crippen molar-refractivity contribution in [3.05, 3.63) is 82.0 Å². The van der Waals surface area contributed by atoms with Gasteiger partial charge in [0.2, 0.25) is 0 Å². The number of hydrogen-bond acceptors (Lipinski definition) is 6. The van der Waals surface area contributed by atoms with E-state index in [4.69, 9.17) is 10.5 Å². The van der Waals surface area contributed by atoms with Crippen LogP contribution in [0.1, 0.15) is 25.6 Å². The molecule has 0 unspecified atom stereocenters. The number of hydrogen-bond donors (Lipinski definition) is 2. The molecule has 0 radical (unpaired) electrons. The molecule has 6 nitrogen and oxygen atoms in total. The van der Waals surface area contributed by atoms with Crippen LogP contribution in [-0.4, -0.2) is 18.1 Å². The molecule has 0 bridgehead atoms. The second kappa shape index (κ2) is 8.09. The van der Waals surface area contributed by atoms with E-state index in [9.17, 15) is 9.59 Å². The van der Waals surface area contributed by atoms with Gasteiger partial charge in [0.15, 0.2) is 0 Å². The van der Waals surface area contributed by atoms with E-state index in [0.717, 1.165) is 5.56 Å². The molecule has 130 valence electrons. The summed E-state index contributed by atoms with van der Waals surface area (Å²) in [5.74, 6) is -0.350. The lowest BCUT2D eigenvalue weighted by Crippen LogP contribution is -2.18. The number of hydrazone groups is 1. The Morgan fingerprint density at radius 3 is 2.50 bits per heavy atom. The number of nitrogens with zero attached hydrogens (tertiary/aromatic N) is 1. The zero-order chi connectivity index (χ0) is 18.4. The van der Waals surface area contributed by atoms with Crippen LogP contribution in [0, 0.1) is 0 Å². The van der Waals surface area contributed by atoms with Crippen LogP contribution in [0.3, 0.4) is 0 Å². The summed E-state index contributed by atoms with van der Waals surface area (Å²) in [5, 5.41) is 5.72. The number of nitrogens with two attached hydrogens (primary N) is 1. The number of thiophene rings is 1. The molecule has 2 aromatic carbocycles. The Kier molecular flexibility index (Phi) is 5.40. The van der Waals surface area contributed by atoms with Gasteiger partial charge in [-0.15, -0.1) is 11.3 Å². The van der Waals surface area contributed by atoms with Crippen LogP contribution in [0.15, 0.2) is 71.1 Å². The number of ether oxygens (including phenoxy) is 1. The van der Waals surface area contributed by atoms with E-state index in [-0.39, 0.29) is 5.91 Å². The number of nitrogens with one attached hydrogen (secondary N) is 1. The summed E-state index contributed by atoms with van der Waals surface area (Å²) in [6.07, 6.45) is 1.49. The van der Waals surface area contributed by atoms with Gasteiger partial charge in [0.05, 0.1) is 11.8 Å². The summed E-state index contributed by atoms with van der Waals surface area (Å²) in [5.41, 5.74) is 9.65. The fourth-order valence-electron chi connectivity index (χ4n) is 2.10. The highest BCUT2D eigenvalue weighted by atomic mass is 32.1. The molecule has 1 heterocycles. The smallest absolute Gasteiger partial charge is 0.353 e. The predicted octanol–water partition coefficient (Wildman–Crippen LogP) is 3.31. The van der Waals surface area contributed by atoms with E-state index in [2.05, 4.69) is 10.5 Å². The molecule has 0 fully saturated rings. The topological polar surface area (TPSA) is 93.8 Å². The Bertz CT molecular complexity index is 935. The first-order chi connectivity index (χ1) is 12.6. The van der Waals surface area contributed by atoms with Crippen molar-refractivity contribution in [2.45, 2.75) is 0 Å². The van der Waals surface area contributed by atoms with Crippen molar-refractivity contribution in [3.8, 4) is 5.75 Å². The number of anilines is 1. The number of carbonyl (C=O) groups excluding carboxylic acids is 2. The SMILES string of the molecule is Nc1ccccc1C(=O)N/N=C\c1ccc(OC(=O)c2cccs2)cc1. The zero-order valence-corrected chi connectivity index (χ0v) is 14.4. The minimum atomic E-state index is -0.394. The number of para-hydroxylation sites is 1. The molecule has 3 N–H and O–H groups in total. The second-order valence-corrected chi connectivity index (χ2v) is 6.17. The van der Waals surface area contributed by atoms with Gasteiger partial charge < -0.3 is 10.5 Å². The molecule has 1 aromatic heterocycles. The fraction of sp³-hybridized carbons (Fsp3) is 0. The van der Waals surface area contributed by atoms with Crippen molar-refractivity contribution in [3.63, 3.8) is 0 Å². The molecule has 0 aliphatic carbocycles. The van der Waals surface area contributed by atoms with Gasteiger partial charge >= 0.3 is 5.97 Å². The summed E-state index contributed by atoms with van der Waals surface area (Å²) in [6, 6.07) is 17.0. The van der Waals surface area contributed by atoms with E-state index in [1.54, 1.807) is 60.7 Å². The number of benzene rings is 2. The van der Waals surface area contributed by atoms with E-state index < -0.39 is 5.97 Å². The lowest BCUT2D eigenvalue weighted by Gasteiger charge is -2.04. The molecular formula is C19H15N3O3S. The Morgan fingerprint density at radius 2 is 1.81 bits per heavy atom. The summed E-state index contributed by atoms with van der Waals surface area (Å²) < 4.78 is 5.27. The van der Waals surface area contributed by atoms with Crippen LogP contribution in [0.25, 0.3) is 0 Å². The first-order valence-corrected chi connectivity index (χ1v) is 8.55. The van der Waals surface area contributed by atoms with E-state index >= 15 is 0 Å². The molecule has 0 saturated carbocycles. The van der Waals surface area contributed by atoms with Gasteiger partial charge in [-0.2, -0.15) is 5.10 Å². The monoisotopic (exact) mass is 365 g/mol. The van der Waals surface area contributed by atoms with Crippen molar-refractivity contribution in [2.75, 3.05) is 5.73 Å². The molecule has 7 heteroatoms. The maximum atomic E-state index is 12.0. The number of carbonyl (C=O) groups is 2. The molecule has 0 atom stereocenters. The minimum Gasteiger partial charge on any atom is -0.422 e. The summed E-state index contributed by atoms with van der Waals surface area (Å²) in [4.78, 5) is 24.4. The Morgan fingerprint density at radius 1 is 1.04 bits per heavy atom. The normalized spacial score (nSPS) is 10.6. The predicted molar refractivity (Wildman–Crippen MR) is 102 cm³/mol. The molecule has 1 amide bonds. The highest BCUT2D eigenvalue weighted by Crippen LogP contribution is 2.16. The Labute approximate surface area is 153 Å². The van der Waals surface area contributed by atoms with Crippen LogP contribution in [0.5, 0.6) is 5.75 Å². The Balaban J connectivity index is 1.57. The molecule has 0 aliphatic rings. The van der Waals surface area contributed by atoms with E-state index in [1.807, 2.05) is 5.38 Å². The number of nitrogen functional groups attached to an aromatic ring is 1. The molecule has 26 heavy (non-hydrogen) atoms. The lowest BCUT2D eigenvalue weighted by atomic mass is 10.2. The van der Waals surface area contributed by atoms with Crippen molar-refractivity contribution >= 4 is 35.1 Å². The lowest BCUT2D eigenvalue weighted by molar-refractivity contribution is 0.0739. The third kappa shape index (κ3) is 4.34. The minimum absolute atomic E-state index is 0.362.